The minimum absolute atomic E-state index is 0.332. The van der Waals surface area contributed by atoms with Crippen molar-refractivity contribution in [2.45, 2.75) is 6.92 Å². The quantitative estimate of drug-likeness (QED) is 0.316. The summed E-state index contributed by atoms with van der Waals surface area (Å²) in [5.41, 5.74) is -1.63. The second kappa shape index (κ2) is 5.71. The fourth-order valence-electron chi connectivity index (χ4n) is 0.585. The molecule has 0 aliphatic rings. The van der Waals surface area contributed by atoms with E-state index in [1.54, 1.807) is 37.4 Å². The van der Waals surface area contributed by atoms with Crippen LogP contribution in [-0.2, 0) is 32.7 Å². The zero-order valence-corrected chi connectivity index (χ0v) is 8.78. The molecule has 0 aliphatic carbocycles. The van der Waals surface area contributed by atoms with Gasteiger partial charge in [-0.15, -0.1) is 0 Å². The van der Waals surface area contributed by atoms with Crippen LogP contribution in [0.5, 0.6) is 0 Å². The Morgan fingerprint density at radius 1 is 1.23 bits per heavy atom. The maximum absolute atomic E-state index is 11.0. The van der Waals surface area contributed by atoms with E-state index in [-0.39, 0.29) is 0 Å². The summed E-state index contributed by atoms with van der Waals surface area (Å²) in [7, 11) is 0. The molecule has 0 fully saturated rings. The number of hydrogen-bond donors (Lipinski definition) is 0. The van der Waals surface area contributed by atoms with Crippen LogP contribution in [0.3, 0.4) is 0 Å². The van der Waals surface area contributed by atoms with Crippen LogP contribution in [0.1, 0.15) is 6.92 Å². The predicted molar refractivity (Wildman–Crippen MR) is 43.5 cm³/mol. The molecule has 13 heavy (non-hydrogen) atoms. The average molecular weight is 266 g/mol. The van der Waals surface area contributed by atoms with Crippen molar-refractivity contribution in [3.63, 3.8) is 0 Å². The first-order chi connectivity index (χ1) is 6.13. The molecule has 4 heteroatoms. The molecule has 0 bridgehead atoms. The molecule has 0 saturated heterocycles. The van der Waals surface area contributed by atoms with Gasteiger partial charge in [-0.05, 0) is 0 Å². The van der Waals surface area contributed by atoms with Crippen LogP contribution >= 0.6 is 0 Å². The van der Waals surface area contributed by atoms with Crippen LogP contribution in [0.25, 0.3) is 0 Å². The van der Waals surface area contributed by atoms with Gasteiger partial charge in [-0.25, -0.2) is 0 Å². The molecule has 0 amide bonds. The summed E-state index contributed by atoms with van der Waals surface area (Å²) in [5, 5.41) is 0. The Morgan fingerprint density at radius 2 is 1.77 bits per heavy atom. The third-order valence-corrected chi connectivity index (χ3v) is 2.15. The molecule has 0 saturated carbocycles. The van der Waals surface area contributed by atoms with Crippen LogP contribution < -0.4 is 0 Å². The molecular formula is C9H9O3Ru. The van der Waals surface area contributed by atoms with E-state index in [2.05, 4.69) is 0 Å². The number of carbonyl (C=O) groups is 3. The van der Waals surface area contributed by atoms with Crippen molar-refractivity contribution < 1.29 is 32.7 Å². The fraction of sp³-hybridized carbons (Fsp3) is 0.222. The zero-order chi connectivity index (χ0) is 10.3. The fourth-order valence-corrected chi connectivity index (χ4v) is 0.935. The van der Waals surface area contributed by atoms with Gasteiger partial charge in [0.25, 0.3) is 0 Å². The van der Waals surface area contributed by atoms with Crippen LogP contribution in [-0.4, -0.2) is 16.9 Å². The van der Waals surface area contributed by atoms with Gasteiger partial charge < -0.3 is 0 Å². The van der Waals surface area contributed by atoms with E-state index in [4.69, 9.17) is 0 Å². The van der Waals surface area contributed by atoms with E-state index in [0.717, 1.165) is 0 Å². The Balaban J connectivity index is 4.88. The molecule has 0 unspecified atom stereocenters. The molecule has 0 heterocycles. The third kappa shape index (κ3) is 3.15. The van der Waals surface area contributed by atoms with Gasteiger partial charge >= 0.3 is 86.3 Å². The average Bonchev–Trinajstić information content (AvgIpc) is 2.13. The second-order valence-corrected chi connectivity index (χ2v) is 3.11. The van der Waals surface area contributed by atoms with Gasteiger partial charge in [0, 0.05) is 0 Å². The van der Waals surface area contributed by atoms with Crippen molar-refractivity contribution in [2.75, 3.05) is 0 Å². The van der Waals surface area contributed by atoms with Gasteiger partial charge in [-0.3, -0.25) is 0 Å². The summed E-state index contributed by atoms with van der Waals surface area (Å²) in [6.07, 6.45) is 6.79. The first-order valence-corrected chi connectivity index (χ1v) is 4.41. The van der Waals surface area contributed by atoms with E-state index in [9.17, 15) is 14.4 Å². The van der Waals surface area contributed by atoms with Crippen molar-refractivity contribution in [1.29, 1.82) is 0 Å². The topological polar surface area (TPSA) is 51.2 Å². The molecule has 0 spiro atoms. The van der Waals surface area contributed by atoms with E-state index < -0.39 is 9.79 Å². The summed E-state index contributed by atoms with van der Waals surface area (Å²) in [6.45, 7) is 1.79. The number of aldehydes is 2. The van der Waals surface area contributed by atoms with E-state index in [0.29, 0.717) is 12.6 Å². The number of carbonyl (C=O) groups excluding carboxylic acids is 3. The second-order valence-electron chi connectivity index (χ2n) is 2.32. The molecule has 0 aromatic carbocycles. The summed E-state index contributed by atoms with van der Waals surface area (Å²) < 4.78 is -0.544. The Morgan fingerprint density at radius 3 is 2.08 bits per heavy atom. The number of allylic oxidation sites excluding steroid dienone is 4. The van der Waals surface area contributed by atoms with E-state index >= 15 is 0 Å². The van der Waals surface area contributed by atoms with Crippen molar-refractivity contribution in [1.82, 2.24) is 0 Å². The number of hydrogen-bond acceptors (Lipinski definition) is 3. The van der Waals surface area contributed by atoms with Crippen LogP contribution in [0.15, 0.2) is 24.3 Å². The van der Waals surface area contributed by atoms with E-state index in [1.807, 2.05) is 0 Å². The Hall–Kier alpha value is -0.887. The summed E-state index contributed by atoms with van der Waals surface area (Å²) in [6, 6.07) is 0. The van der Waals surface area contributed by atoms with E-state index in [1.165, 1.54) is 12.2 Å². The molecule has 0 atom stereocenters. The third-order valence-electron chi connectivity index (χ3n) is 1.40. The van der Waals surface area contributed by atoms with Gasteiger partial charge in [0.2, 0.25) is 0 Å². The van der Waals surface area contributed by atoms with Gasteiger partial charge in [-0.2, -0.15) is 0 Å². The Kier molecular flexibility index (Phi) is 5.32. The molecule has 71 valence electrons. The maximum atomic E-state index is 11.0. The van der Waals surface area contributed by atoms with Crippen molar-refractivity contribution in [2.24, 2.45) is 5.41 Å². The standard InChI is InChI=1S/C9H9O3.Ru/c1-2-3-4-5-9(6-10,7-11)8-12;/h2-7H,1H3;. The minimum atomic E-state index is -1.63. The van der Waals surface area contributed by atoms with Crippen LogP contribution in [0, 0.1) is 5.41 Å². The van der Waals surface area contributed by atoms with Gasteiger partial charge in [-0.1, -0.05) is 0 Å². The predicted octanol–water partition coefficient (Wildman–Crippen LogP) is 0.576. The SMILES string of the molecule is CC=CC=CC(C=O)(C=O)[C](=O)[Ru]. The first-order valence-electron chi connectivity index (χ1n) is 3.55. The first kappa shape index (κ1) is 12.1. The van der Waals surface area contributed by atoms with Gasteiger partial charge in [0.15, 0.2) is 0 Å². The van der Waals surface area contributed by atoms with Gasteiger partial charge in [0.05, 0.1) is 0 Å². The summed E-state index contributed by atoms with van der Waals surface area (Å²) >= 11 is 1.73. The molecule has 0 aromatic rings. The molecule has 0 N–H and O–H groups in total. The van der Waals surface area contributed by atoms with Crippen molar-refractivity contribution in [3.05, 3.63) is 24.3 Å². The number of rotatable bonds is 5. The monoisotopic (exact) mass is 267 g/mol. The normalized spacial score (nSPS) is 12.2. The summed E-state index contributed by atoms with van der Waals surface area (Å²) in [4.78, 5) is 32.1. The molecule has 3 nitrogen and oxygen atoms in total. The Labute approximate surface area is 86.6 Å². The van der Waals surface area contributed by atoms with Gasteiger partial charge in [0.1, 0.15) is 0 Å². The molecule has 0 aliphatic heterocycles. The molecule has 0 aromatic heterocycles. The summed E-state index contributed by atoms with van der Waals surface area (Å²) in [5.74, 6) is 0. The molecule has 0 radical (unpaired) electrons. The van der Waals surface area contributed by atoms with Crippen molar-refractivity contribution >= 4 is 16.9 Å². The molecular weight excluding hydrogens is 257 g/mol. The molecule has 0 rings (SSSR count). The van der Waals surface area contributed by atoms with Crippen molar-refractivity contribution in [3.8, 4) is 0 Å². The van der Waals surface area contributed by atoms with Crippen LogP contribution in [0.2, 0.25) is 0 Å². The van der Waals surface area contributed by atoms with Crippen LogP contribution in [0.4, 0.5) is 0 Å². The Bertz CT molecular complexity index is 258. The zero-order valence-electron chi connectivity index (χ0n) is 7.04.